The first-order chi connectivity index (χ1) is 12.1. The number of urea groups is 1. The molecule has 5 nitrogen and oxygen atoms in total. The van der Waals surface area contributed by atoms with Gasteiger partial charge in [0.2, 0.25) is 0 Å². The molecule has 25 heavy (non-hydrogen) atoms. The highest BCUT2D eigenvalue weighted by Crippen LogP contribution is 2.47. The van der Waals surface area contributed by atoms with E-state index >= 15 is 0 Å². The molecular formula is C20H22N2O3. The summed E-state index contributed by atoms with van der Waals surface area (Å²) in [6.07, 6.45) is 3.27. The van der Waals surface area contributed by atoms with E-state index in [0.717, 1.165) is 24.8 Å². The maximum Gasteiger partial charge on any atom is 0.335 e. The van der Waals surface area contributed by atoms with Gasteiger partial charge in [0, 0.05) is 13.1 Å². The molecular weight excluding hydrogens is 316 g/mol. The van der Waals surface area contributed by atoms with Gasteiger partial charge in [-0.2, -0.15) is 0 Å². The van der Waals surface area contributed by atoms with Crippen LogP contribution < -0.4 is 10.6 Å². The number of amides is 2. The molecule has 5 heteroatoms. The minimum absolute atomic E-state index is 0.193. The lowest BCUT2D eigenvalue weighted by molar-refractivity contribution is 0.0697. The zero-order valence-corrected chi connectivity index (χ0v) is 14.0. The Bertz CT molecular complexity index is 737. The summed E-state index contributed by atoms with van der Waals surface area (Å²) < 4.78 is 0. The lowest BCUT2D eigenvalue weighted by Gasteiger charge is -2.16. The van der Waals surface area contributed by atoms with E-state index < -0.39 is 5.97 Å². The highest BCUT2D eigenvalue weighted by molar-refractivity contribution is 5.87. The van der Waals surface area contributed by atoms with Crippen molar-refractivity contribution in [1.82, 2.24) is 10.6 Å². The minimum atomic E-state index is -0.953. The number of benzene rings is 2. The number of hydrogen-bond acceptors (Lipinski definition) is 2. The number of nitrogens with one attached hydrogen (secondary N) is 2. The van der Waals surface area contributed by atoms with Crippen LogP contribution in [-0.2, 0) is 13.0 Å². The number of carbonyl (C=O) groups is 2. The van der Waals surface area contributed by atoms with E-state index in [1.165, 1.54) is 17.7 Å². The Morgan fingerprint density at radius 2 is 1.60 bits per heavy atom. The summed E-state index contributed by atoms with van der Waals surface area (Å²) in [6.45, 7) is 1.04. The first-order valence-corrected chi connectivity index (χ1v) is 8.44. The molecule has 0 heterocycles. The second-order valence-electron chi connectivity index (χ2n) is 6.70. The molecule has 2 aromatic rings. The van der Waals surface area contributed by atoms with Crippen LogP contribution in [0.25, 0.3) is 0 Å². The van der Waals surface area contributed by atoms with Crippen LogP contribution in [0.3, 0.4) is 0 Å². The zero-order chi connectivity index (χ0) is 17.7. The second-order valence-corrected chi connectivity index (χ2v) is 6.70. The zero-order valence-electron chi connectivity index (χ0n) is 14.0. The van der Waals surface area contributed by atoms with E-state index in [4.69, 9.17) is 5.11 Å². The van der Waals surface area contributed by atoms with Gasteiger partial charge in [0.1, 0.15) is 0 Å². The number of carboxylic acids is 1. The average molecular weight is 338 g/mol. The van der Waals surface area contributed by atoms with E-state index in [2.05, 4.69) is 22.8 Å². The third-order valence-electron chi connectivity index (χ3n) is 4.66. The Morgan fingerprint density at radius 1 is 0.920 bits per heavy atom. The SMILES string of the molecule is O=C(NCc1ccc(C(=O)O)cc1)NCC1(Cc2ccccc2)CC1. The fourth-order valence-corrected chi connectivity index (χ4v) is 2.90. The number of hydrogen-bond donors (Lipinski definition) is 3. The van der Waals surface area contributed by atoms with Gasteiger partial charge in [-0.3, -0.25) is 0 Å². The summed E-state index contributed by atoms with van der Waals surface area (Å²) in [7, 11) is 0. The molecule has 0 bridgehead atoms. The maximum absolute atomic E-state index is 12.0. The molecule has 0 atom stereocenters. The minimum Gasteiger partial charge on any atom is -0.478 e. The molecule has 1 aliphatic carbocycles. The van der Waals surface area contributed by atoms with Gasteiger partial charge in [-0.05, 0) is 47.9 Å². The number of aromatic carboxylic acids is 1. The molecule has 0 radical (unpaired) electrons. The molecule has 3 rings (SSSR count). The molecule has 130 valence electrons. The monoisotopic (exact) mass is 338 g/mol. The molecule has 2 amide bonds. The van der Waals surface area contributed by atoms with E-state index in [1.54, 1.807) is 12.1 Å². The Labute approximate surface area is 147 Å². The number of carbonyl (C=O) groups excluding carboxylic acids is 1. The molecule has 3 N–H and O–H groups in total. The quantitative estimate of drug-likeness (QED) is 0.725. The van der Waals surface area contributed by atoms with E-state index in [1.807, 2.05) is 18.2 Å². The van der Waals surface area contributed by atoms with Crippen molar-refractivity contribution in [3.8, 4) is 0 Å². The largest absolute Gasteiger partial charge is 0.478 e. The molecule has 1 fully saturated rings. The fourth-order valence-electron chi connectivity index (χ4n) is 2.90. The standard InChI is InChI=1S/C20H22N2O3/c23-18(24)17-8-6-16(7-9-17)13-21-19(25)22-14-20(10-11-20)12-15-4-2-1-3-5-15/h1-9H,10-14H2,(H,23,24)(H2,21,22,25). The van der Waals surface area contributed by atoms with Crippen LogP contribution in [0, 0.1) is 5.41 Å². The molecule has 1 saturated carbocycles. The normalized spacial score (nSPS) is 14.6. The third-order valence-corrected chi connectivity index (χ3v) is 4.66. The van der Waals surface area contributed by atoms with Gasteiger partial charge < -0.3 is 15.7 Å². The molecule has 0 unspecified atom stereocenters. The molecule has 2 aromatic carbocycles. The van der Waals surface area contributed by atoms with E-state index in [-0.39, 0.29) is 17.0 Å². The summed E-state index contributed by atoms with van der Waals surface area (Å²) in [6, 6.07) is 16.7. The van der Waals surface area contributed by atoms with Crippen molar-refractivity contribution in [3.05, 3.63) is 71.3 Å². The molecule has 0 saturated heterocycles. The van der Waals surface area contributed by atoms with Gasteiger partial charge in [-0.1, -0.05) is 42.5 Å². The predicted octanol–water partition coefficient (Wildman–Crippen LogP) is 3.21. The predicted molar refractivity (Wildman–Crippen MR) is 95.5 cm³/mol. The Morgan fingerprint density at radius 3 is 2.20 bits per heavy atom. The van der Waals surface area contributed by atoms with E-state index in [0.29, 0.717) is 13.1 Å². The van der Waals surface area contributed by atoms with Crippen LogP contribution in [0.1, 0.15) is 34.3 Å². The van der Waals surface area contributed by atoms with Gasteiger partial charge in [-0.25, -0.2) is 9.59 Å². The number of carboxylic acid groups (broad SMARTS) is 1. The van der Waals surface area contributed by atoms with Crippen LogP contribution in [0.4, 0.5) is 4.79 Å². The van der Waals surface area contributed by atoms with E-state index in [9.17, 15) is 9.59 Å². The van der Waals surface area contributed by atoms with Crippen LogP contribution in [-0.4, -0.2) is 23.7 Å². The van der Waals surface area contributed by atoms with Gasteiger partial charge in [0.05, 0.1) is 5.56 Å². The van der Waals surface area contributed by atoms with Gasteiger partial charge >= 0.3 is 12.0 Å². The highest BCUT2D eigenvalue weighted by atomic mass is 16.4. The van der Waals surface area contributed by atoms with Gasteiger partial charge in [0.15, 0.2) is 0 Å². The van der Waals surface area contributed by atoms with Crippen molar-refractivity contribution < 1.29 is 14.7 Å². The maximum atomic E-state index is 12.0. The summed E-state index contributed by atoms with van der Waals surface area (Å²) in [5.74, 6) is -0.953. The summed E-state index contributed by atoms with van der Waals surface area (Å²) >= 11 is 0. The molecule has 1 aliphatic rings. The average Bonchev–Trinajstić information content (AvgIpc) is 3.39. The van der Waals surface area contributed by atoms with Crippen molar-refractivity contribution in [3.63, 3.8) is 0 Å². The van der Waals surface area contributed by atoms with Crippen LogP contribution in [0.5, 0.6) is 0 Å². The smallest absolute Gasteiger partial charge is 0.335 e. The first kappa shape index (κ1) is 17.0. The van der Waals surface area contributed by atoms with Crippen molar-refractivity contribution in [2.24, 2.45) is 5.41 Å². The second kappa shape index (κ2) is 7.38. The van der Waals surface area contributed by atoms with Crippen molar-refractivity contribution in [2.75, 3.05) is 6.54 Å². The van der Waals surface area contributed by atoms with Crippen LogP contribution in [0.15, 0.2) is 54.6 Å². The van der Waals surface area contributed by atoms with Crippen LogP contribution in [0.2, 0.25) is 0 Å². The summed E-state index contributed by atoms with van der Waals surface area (Å²) in [4.78, 5) is 22.8. The summed E-state index contributed by atoms with van der Waals surface area (Å²) in [5.41, 5.74) is 2.61. The lowest BCUT2D eigenvalue weighted by Crippen LogP contribution is -2.38. The third kappa shape index (κ3) is 4.83. The fraction of sp³-hybridized carbons (Fsp3) is 0.300. The van der Waals surface area contributed by atoms with Crippen molar-refractivity contribution in [2.45, 2.75) is 25.8 Å². The Kier molecular flexibility index (Phi) is 5.03. The highest BCUT2D eigenvalue weighted by Gasteiger charge is 2.42. The van der Waals surface area contributed by atoms with Crippen LogP contribution >= 0.6 is 0 Å². The molecule has 0 spiro atoms. The molecule has 0 aliphatic heterocycles. The summed E-state index contributed by atoms with van der Waals surface area (Å²) in [5, 5.41) is 14.6. The Balaban J connectivity index is 1.43. The Hall–Kier alpha value is -2.82. The first-order valence-electron chi connectivity index (χ1n) is 8.44. The molecule has 0 aromatic heterocycles. The van der Waals surface area contributed by atoms with Gasteiger partial charge in [-0.15, -0.1) is 0 Å². The topological polar surface area (TPSA) is 78.4 Å². The van der Waals surface area contributed by atoms with Crippen molar-refractivity contribution in [1.29, 1.82) is 0 Å². The number of rotatable bonds is 7. The lowest BCUT2D eigenvalue weighted by atomic mass is 9.96. The van der Waals surface area contributed by atoms with Crippen molar-refractivity contribution >= 4 is 12.0 Å². The van der Waals surface area contributed by atoms with Gasteiger partial charge in [0.25, 0.3) is 0 Å².